The number of carbonyl (C=O) groups excluding carboxylic acids is 1. The first-order chi connectivity index (χ1) is 11.2. The molecule has 7 nitrogen and oxygen atoms in total. The van der Waals surface area contributed by atoms with Gasteiger partial charge in [0.05, 0.1) is 25.6 Å². The number of fused-ring (bicyclic) bond motifs is 1. The van der Waals surface area contributed by atoms with Crippen LogP contribution in [0, 0.1) is 0 Å². The van der Waals surface area contributed by atoms with E-state index in [4.69, 9.17) is 0 Å². The molecule has 0 atom stereocenters. The number of hydrogen-bond acceptors (Lipinski definition) is 7. The molecule has 1 aromatic carbocycles. The molecule has 0 aliphatic heterocycles. The zero-order chi connectivity index (χ0) is 16.2. The third kappa shape index (κ3) is 3.42. The molecule has 1 N–H and O–H groups in total. The van der Waals surface area contributed by atoms with Crippen LogP contribution in [0.5, 0.6) is 6.01 Å². The van der Waals surface area contributed by atoms with Crippen LogP contribution >= 0.6 is 11.8 Å². The summed E-state index contributed by atoms with van der Waals surface area (Å²) >= 11 is 1.17. The van der Waals surface area contributed by atoms with E-state index in [2.05, 4.69) is 19.7 Å². The van der Waals surface area contributed by atoms with Gasteiger partial charge in [0.25, 0.3) is 6.01 Å². The van der Waals surface area contributed by atoms with Crippen molar-refractivity contribution >= 4 is 28.9 Å². The van der Waals surface area contributed by atoms with Crippen molar-refractivity contribution in [3.63, 3.8) is 0 Å². The molecular formula is C15H14N4O3S. The van der Waals surface area contributed by atoms with Crippen LogP contribution in [0.2, 0.25) is 0 Å². The van der Waals surface area contributed by atoms with Crippen molar-refractivity contribution in [2.45, 2.75) is 11.7 Å². The highest BCUT2D eigenvalue weighted by Gasteiger charge is 2.14. The number of rotatable bonds is 5. The van der Waals surface area contributed by atoms with Crippen molar-refractivity contribution in [1.29, 1.82) is 0 Å². The van der Waals surface area contributed by atoms with E-state index < -0.39 is 0 Å². The molecule has 2 heterocycles. The van der Waals surface area contributed by atoms with Gasteiger partial charge in [0, 0.05) is 0 Å². The van der Waals surface area contributed by atoms with Gasteiger partial charge in [-0.1, -0.05) is 42.1 Å². The Labute approximate surface area is 136 Å². The molecule has 8 heteroatoms. The lowest BCUT2D eigenvalue weighted by molar-refractivity contribution is -0.137. The van der Waals surface area contributed by atoms with Gasteiger partial charge in [0.15, 0.2) is 10.8 Å². The molecule has 0 radical (unpaired) electrons. The van der Waals surface area contributed by atoms with Crippen LogP contribution in [0.3, 0.4) is 0 Å². The van der Waals surface area contributed by atoms with Crippen LogP contribution in [0.1, 0.15) is 5.56 Å². The number of carbonyl (C=O) groups is 1. The van der Waals surface area contributed by atoms with E-state index in [-0.39, 0.29) is 17.7 Å². The lowest BCUT2D eigenvalue weighted by Gasteiger charge is -2.05. The monoisotopic (exact) mass is 330 g/mol. The quantitative estimate of drug-likeness (QED) is 0.434. The first-order valence-corrected chi connectivity index (χ1v) is 7.81. The van der Waals surface area contributed by atoms with Gasteiger partial charge in [0.1, 0.15) is 5.52 Å². The molecule has 0 amide bonds. The highest BCUT2D eigenvalue weighted by molar-refractivity contribution is 7.99. The topological polar surface area (TPSA) is 90.1 Å². The Morgan fingerprint density at radius 1 is 1.30 bits per heavy atom. The van der Waals surface area contributed by atoms with E-state index in [1.54, 1.807) is 4.57 Å². The van der Waals surface area contributed by atoms with Gasteiger partial charge in [-0.05, 0) is 5.56 Å². The van der Waals surface area contributed by atoms with Crippen LogP contribution in [-0.4, -0.2) is 43.5 Å². The molecule has 0 bridgehead atoms. The van der Waals surface area contributed by atoms with E-state index >= 15 is 0 Å². The summed E-state index contributed by atoms with van der Waals surface area (Å²) in [7, 11) is 1.33. The number of esters is 1. The van der Waals surface area contributed by atoms with Gasteiger partial charge in [0.2, 0.25) is 0 Å². The Hall–Kier alpha value is -2.61. The summed E-state index contributed by atoms with van der Waals surface area (Å²) in [5.41, 5.74) is 2.04. The van der Waals surface area contributed by atoms with E-state index in [0.717, 1.165) is 5.56 Å². The van der Waals surface area contributed by atoms with Crippen LogP contribution in [0.15, 0.2) is 41.7 Å². The molecule has 0 aliphatic rings. The maximum absolute atomic E-state index is 11.2. The lowest BCUT2D eigenvalue weighted by Crippen LogP contribution is -2.04. The number of aromatic nitrogens is 4. The molecule has 0 saturated carbocycles. The van der Waals surface area contributed by atoms with Gasteiger partial charge in [-0.25, -0.2) is 9.97 Å². The predicted octanol–water partition coefficient (Wildman–Crippen LogP) is 1.85. The largest absolute Gasteiger partial charge is 0.480 e. The zero-order valence-corrected chi connectivity index (χ0v) is 13.2. The second kappa shape index (κ2) is 6.66. The van der Waals surface area contributed by atoms with E-state index in [9.17, 15) is 9.90 Å². The number of nitrogens with zero attached hydrogens (tertiary/aromatic N) is 4. The van der Waals surface area contributed by atoms with Gasteiger partial charge >= 0.3 is 5.97 Å². The van der Waals surface area contributed by atoms with Crippen LogP contribution in [-0.2, 0) is 16.1 Å². The van der Waals surface area contributed by atoms with Gasteiger partial charge in [-0.15, -0.1) is 0 Å². The number of aromatic hydroxyl groups is 1. The fourth-order valence-corrected chi connectivity index (χ4v) is 2.70. The second-order valence-electron chi connectivity index (χ2n) is 4.71. The summed E-state index contributed by atoms with van der Waals surface area (Å²) < 4.78 is 6.20. The van der Waals surface area contributed by atoms with E-state index in [1.807, 2.05) is 30.3 Å². The summed E-state index contributed by atoms with van der Waals surface area (Å²) in [6, 6.07) is 9.59. The maximum Gasteiger partial charge on any atom is 0.316 e. The van der Waals surface area contributed by atoms with Crippen molar-refractivity contribution in [2.24, 2.45) is 0 Å². The molecule has 3 rings (SSSR count). The summed E-state index contributed by atoms with van der Waals surface area (Å²) in [5.74, 6) is -0.222. The second-order valence-corrected chi connectivity index (χ2v) is 5.65. The molecule has 23 heavy (non-hydrogen) atoms. The molecule has 0 unspecified atom stereocenters. The lowest BCUT2D eigenvalue weighted by atomic mass is 10.2. The van der Waals surface area contributed by atoms with E-state index in [1.165, 1.54) is 25.1 Å². The fourth-order valence-electron chi connectivity index (χ4n) is 2.05. The average Bonchev–Trinajstić information content (AvgIpc) is 2.89. The highest BCUT2D eigenvalue weighted by Crippen LogP contribution is 2.22. The maximum atomic E-state index is 11.2. The molecule has 0 saturated heterocycles. The number of benzene rings is 1. The van der Waals surface area contributed by atoms with Crippen molar-refractivity contribution in [3.05, 3.63) is 42.1 Å². The summed E-state index contributed by atoms with van der Waals surface area (Å²) in [6.45, 7) is 0.446. The Balaban J connectivity index is 1.91. The SMILES string of the molecule is COC(=O)CSc1ncc2nc(O)n(Cc3ccccc3)c2n1. The first kappa shape index (κ1) is 15.3. The fraction of sp³-hybridized carbons (Fsp3) is 0.200. The molecule has 3 aromatic rings. The Morgan fingerprint density at radius 3 is 2.83 bits per heavy atom. The number of hydrogen-bond donors (Lipinski definition) is 1. The predicted molar refractivity (Wildman–Crippen MR) is 85.3 cm³/mol. The zero-order valence-electron chi connectivity index (χ0n) is 12.3. The van der Waals surface area contributed by atoms with E-state index in [0.29, 0.717) is 22.9 Å². The van der Waals surface area contributed by atoms with Crippen LogP contribution < -0.4 is 0 Å². The van der Waals surface area contributed by atoms with Crippen molar-refractivity contribution in [1.82, 2.24) is 19.5 Å². The first-order valence-electron chi connectivity index (χ1n) is 6.83. The molecule has 0 spiro atoms. The molecule has 0 fully saturated rings. The number of ether oxygens (including phenoxy) is 1. The molecule has 2 aromatic heterocycles. The van der Waals surface area contributed by atoms with Gasteiger partial charge in [-0.3, -0.25) is 9.36 Å². The minimum Gasteiger partial charge on any atom is -0.480 e. The van der Waals surface area contributed by atoms with Gasteiger partial charge in [-0.2, -0.15) is 4.98 Å². The number of imidazole rings is 1. The minimum atomic E-state index is -0.348. The van der Waals surface area contributed by atoms with Gasteiger partial charge < -0.3 is 9.84 Å². The molecule has 118 valence electrons. The Morgan fingerprint density at radius 2 is 2.09 bits per heavy atom. The number of methoxy groups -OCH3 is 1. The molecule has 0 aliphatic carbocycles. The third-order valence-corrected chi connectivity index (χ3v) is 4.01. The normalized spacial score (nSPS) is 10.8. The summed E-state index contributed by atoms with van der Waals surface area (Å²) in [6.07, 6.45) is 1.53. The van der Waals surface area contributed by atoms with Crippen LogP contribution in [0.25, 0.3) is 11.2 Å². The minimum absolute atomic E-state index is 0.117. The number of thioether (sulfide) groups is 1. The Kier molecular flexibility index (Phi) is 4.42. The highest BCUT2D eigenvalue weighted by atomic mass is 32.2. The average molecular weight is 330 g/mol. The Bertz CT molecular complexity index is 835. The van der Waals surface area contributed by atoms with Crippen molar-refractivity contribution < 1.29 is 14.6 Å². The van der Waals surface area contributed by atoms with Crippen molar-refractivity contribution in [3.8, 4) is 6.01 Å². The smallest absolute Gasteiger partial charge is 0.316 e. The summed E-state index contributed by atoms with van der Waals surface area (Å²) in [5, 5.41) is 10.5. The van der Waals surface area contributed by atoms with Crippen molar-refractivity contribution in [2.75, 3.05) is 12.9 Å². The standard InChI is InChI=1S/C15H14N4O3S/c1-22-12(20)9-23-14-16-7-11-13(18-14)19(15(21)17-11)8-10-5-3-2-4-6-10/h2-7H,8-9H2,1H3,(H,17,21). The third-order valence-electron chi connectivity index (χ3n) is 3.18. The summed E-state index contributed by atoms with van der Waals surface area (Å²) in [4.78, 5) is 23.8. The van der Waals surface area contributed by atoms with Crippen LogP contribution in [0.4, 0.5) is 0 Å². The molecular weight excluding hydrogens is 316 g/mol.